The van der Waals surface area contributed by atoms with Crippen molar-refractivity contribution < 1.29 is 14.3 Å². The number of tetrazole rings is 1. The topological polar surface area (TPSA) is 101 Å². The number of aromatic amines is 1. The molecule has 1 aliphatic rings. The fraction of sp³-hybridized carbons (Fsp3) is 0.667. The molecule has 0 radical (unpaired) electrons. The molecule has 92 valence electrons. The Bertz CT molecular complexity index is 405. The van der Waals surface area contributed by atoms with Crippen LogP contribution >= 0.6 is 0 Å². The van der Waals surface area contributed by atoms with Gasteiger partial charge in [-0.25, -0.2) is 4.79 Å². The van der Waals surface area contributed by atoms with Crippen molar-refractivity contribution in [2.24, 2.45) is 0 Å². The maximum atomic E-state index is 12.0. The first kappa shape index (κ1) is 11.5. The number of likely N-dealkylation sites (tertiary alicyclic amines) is 1. The van der Waals surface area contributed by atoms with Gasteiger partial charge in [-0.2, -0.15) is 5.21 Å². The van der Waals surface area contributed by atoms with Gasteiger partial charge in [0.15, 0.2) is 0 Å². The largest absolute Gasteiger partial charge is 0.464 e. The van der Waals surface area contributed by atoms with Crippen LogP contribution in [0.5, 0.6) is 0 Å². The van der Waals surface area contributed by atoms with E-state index in [2.05, 4.69) is 20.6 Å². The lowest BCUT2D eigenvalue weighted by Gasteiger charge is -2.21. The van der Waals surface area contributed by atoms with Crippen LogP contribution in [0.1, 0.15) is 30.4 Å². The van der Waals surface area contributed by atoms with Gasteiger partial charge in [-0.3, -0.25) is 4.79 Å². The zero-order chi connectivity index (χ0) is 12.3. The number of amides is 1. The summed E-state index contributed by atoms with van der Waals surface area (Å²) in [6.07, 6.45) is 1.38. The molecular weight excluding hydrogens is 226 g/mol. The number of hydrogen-bond donors (Lipinski definition) is 1. The monoisotopic (exact) mass is 239 g/mol. The summed E-state index contributed by atoms with van der Waals surface area (Å²) in [5.41, 5.74) is 0. The number of nitrogens with one attached hydrogen (secondary N) is 1. The van der Waals surface area contributed by atoms with E-state index in [0.29, 0.717) is 19.6 Å². The highest BCUT2D eigenvalue weighted by molar-refractivity contribution is 5.93. The molecule has 0 aliphatic carbocycles. The number of esters is 1. The zero-order valence-corrected chi connectivity index (χ0v) is 9.42. The third-order valence-electron chi connectivity index (χ3n) is 2.61. The van der Waals surface area contributed by atoms with Crippen LogP contribution in [0, 0.1) is 0 Å². The van der Waals surface area contributed by atoms with E-state index in [0.717, 1.165) is 6.42 Å². The molecular formula is C9H13N5O3. The van der Waals surface area contributed by atoms with Crippen molar-refractivity contribution in [2.75, 3.05) is 13.2 Å². The molecule has 0 saturated carbocycles. The molecule has 0 spiro atoms. The van der Waals surface area contributed by atoms with E-state index >= 15 is 0 Å². The molecule has 1 aliphatic heterocycles. The number of nitrogens with zero attached hydrogens (tertiary/aromatic N) is 4. The molecule has 1 unspecified atom stereocenters. The molecule has 8 nitrogen and oxygen atoms in total. The van der Waals surface area contributed by atoms with E-state index < -0.39 is 11.9 Å². The Morgan fingerprint density at radius 2 is 2.41 bits per heavy atom. The van der Waals surface area contributed by atoms with Crippen molar-refractivity contribution in [3.8, 4) is 0 Å². The van der Waals surface area contributed by atoms with Crippen LogP contribution in [-0.4, -0.2) is 56.6 Å². The van der Waals surface area contributed by atoms with Crippen LogP contribution in [0.3, 0.4) is 0 Å². The van der Waals surface area contributed by atoms with Crippen molar-refractivity contribution >= 4 is 11.9 Å². The Kier molecular flexibility index (Phi) is 3.31. The number of ether oxygens (including phenoxy) is 1. The molecule has 1 aromatic rings. The Morgan fingerprint density at radius 3 is 3.06 bits per heavy atom. The average Bonchev–Trinajstić information content (AvgIpc) is 3.00. The summed E-state index contributed by atoms with van der Waals surface area (Å²) in [5.74, 6) is -0.794. The molecule has 1 fully saturated rings. The fourth-order valence-electron chi connectivity index (χ4n) is 1.87. The maximum Gasteiger partial charge on any atom is 0.328 e. The zero-order valence-electron chi connectivity index (χ0n) is 9.42. The summed E-state index contributed by atoms with van der Waals surface area (Å²) in [5, 5.41) is 12.8. The summed E-state index contributed by atoms with van der Waals surface area (Å²) < 4.78 is 4.93. The van der Waals surface area contributed by atoms with Crippen molar-refractivity contribution in [3.63, 3.8) is 0 Å². The predicted molar refractivity (Wildman–Crippen MR) is 54.9 cm³/mol. The molecule has 1 atom stereocenters. The lowest BCUT2D eigenvalue weighted by Crippen LogP contribution is -2.41. The molecule has 0 aromatic carbocycles. The number of carbonyl (C=O) groups is 2. The highest BCUT2D eigenvalue weighted by Gasteiger charge is 2.36. The minimum Gasteiger partial charge on any atom is -0.464 e. The molecule has 0 bridgehead atoms. The Hall–Kier alpha value is -1.99. The SMILES string of the molecule is CCOC(=O)C1CCCN1C(=O)c1nn[nH]n1. The number of carbonyl (C=O) groups excluding carboxylic acids is 2. The first-order valence-electron chi connectivity index (χ1n) is 5.45. The second kappa shape index (κ2) is 4.89. The van der Waals surface area contributed by atoms with E-state index in [1.165, 1.54) is 4.90 Å². The Labute approximate surface area is 97.3 Å². The minimum atomic E-state index is -0.527. The molecule has 1 aromatic heterocycles. The van der Waals surface area contributed by atoms with E-state index in [-0.39, 0.29) is 11.8 Å². The normalized spacial score (nSPS) is 19.4. The first-order valence-corrected chi connectivity index (χ1v) is 5.45. The van der Waals surface area contributed by atoms with Crippen LogP contribution in [-0.2, 0) is 9.53 Å². The lowest BCUT2D eigenvalue weighted by atomic mass is 10.2. The summed E-state index contributed by atoms with van der Waals surface area (Å²) in [6.45, 7) is 2.55. The van der Waals surface area contributed by atoms with Crippen LogP contribution in [0.25, 0.3) is 0 Å². The van der Waals surface area contributed by atoms with Gasteiger partial charge in [0.05, 0.1) is 6.61 Å². The summed E-state index contributed by atoms with van der Waals surface area (Å²) in [6, 6.07) is -0.527. The van der Waals surface area contributed by atoms with Gasteiger partial charge >= 0.3 is 5.97 Å². The Balaban J connectivity index is 2.09. The van der Waals surface area contributed by atoms with E-state index in [1.807, 2.05) is 0 Å². The molecule has 1 amide bonds. The van der Waals surface area contributed by atoms with E-state index in [4.69, 9.17) is 4.74 Å². The van der Waals surface area contributed by atoms with E-state index in [9.17, 15) is 9.59 Å². The van der Waals surface area contributed by atoms with Gasteiger partial charge in [0.2, 0.25) is 0 Å². The minimum absolute atomic E-state index is 0.0267. The molecule has 8 heteroatoms. The van der Waals surface area contributed by atoms with Crippen LogP contribution in [0.15, 0.2) is 0 Å². The van der Waals surface area contributed by atoms with Crippen molar-refractivity contribution in [3.05, 3.63) is 5.82 Å². The Morgan fingerprint density at radius 1 is 1.59 bits per heavy atom. The second-order valence-corrected chi connectivity index (χ2v) is 3.64. The van der Waals surface area contributed by atoms with Gasteiger partial charge < -0.3 is 9.64 Å². The van der Waals surface area contributed by atoms with Crippen LogP contribution in [0.4, 0.5) is 0 Å². The number of rotatable bonds is 3. The van der Waals surface area contributed by atoms with E-state index in [1.54, 1.807) is 6.92 Å². The number of hydrogen-bond acceptors (Lipinski definition) is 6. The molecule has 1 saturated heterocycles. The molecule has 17 heavy (non-hydrogen) atoms. The third-order valence-corrected chi connectivity index (χ3v) is 2.61. The second-order valence-electron chi connectivity index (χ2n) is 3.64. The van der Waals surface area contributed by atoms with Crippen molar-refractivity contribution in [1.82, 2.24) is 25.5 Å². The third kappa shape index (κ3) is 2.24. The standard InChI is InChI=1S/C9H13N5O3/c1-2-17-9(16)6-4-3-5-14(6)8(15)7-10-12-13-11-7/h6H,2-5H2,1H3,(H,10,11,12,13). The van der Waals surface area contributed by atoms with Gasteiger partial charge in [-0.15, -0.1) is 10.2 Å². The van der Waals surface area contributed by atoms with Gasteiger partial charge in [0.1, 0.15) is 6.04 Å². The summed E-state index contributed by atoms with van der Waals surface area (Å²) >= 11 is 0. The predicted octanol–water partition coefficient (Wildman–Crippen LogP) is -0.633. The average molecular weight is 239 g/mol. The van der Waals surface area contributed by atoms with Gasteiger partial charge in [0.25, 0.3) is 11.7 Å². The summed E-state index contributed by atoms with van der Waals surface area (Å²) in [7, 11) is 0. The fourth-order valence-corrected chi connectivity index (χ4v) is 1.87. The molecule has 2 heterocycles. The highest BCUT2D eigenvalue weighted by Crippen LogP contribution is 2.19. The molecule has 1 N–H and O–H groups in total. The van der Waals surface area contributed by atoms with Crippen LogP contribution < -0.4 is 0 Å². The van der Waals surface area contributed by atoms with Crippen molar-refractivity contribution in [2.45, 2.75) is 25.8 Å². The number of aromatic nitrogens is 4. The first-order chi connectivity index (χ1) is 8.24. The van der Waals surface area contributed by atoms with Crippen LogP contribution in [0.2, 0.25) is 0 Å². The van der Waals surface area contributed by atoms with Crippen molar-refractivity contribution in [1.29, 1.82) is 0 Å². The number of H-pyrrole nitrogens is 1. The maximum absolute atomic E-state index is 12.0. The smallest absolute Gasteiger partial charge is 0.328 e. The van der Waals surface area contributed by atoms with Gasteiger partial charge in [0, 0.05) is 6.54 Å². The van der Waals surface area contributed by atoms with Gasteiger partial charge in [-0.1, -0.05) is 0 Å². The summed E-state index contributed by atoms with van der Waals surface area (Å²) in [4.78, 5) is 25.0. The molecule has 2 rings (SSSR count). The highest BCUT2D eigenvalue weighted by atomic mass is 16.5. The van der Waals surface area contributed by atoms with Gasteiger partial charge in [-0.05, 0) is 25.0 Å². The lowest BCUT2D eigenvalue weighted by molar-refractivity contribution is -0.147. The quantitative estimate of drug-likeness (QED) is 0.704.